The lowest BCUT2D eigenvalue weighted by Crippen LogP contribution is -2.02. The molecule has 3 aromatic rings. The number of nitrogen functional groups attached to an aromatic ring is 1. The van der Waals surface area contributed by atoms with Gasteiger partial charge >= 0.3 is 0 Å². The molecule has 0 spiro atoms. The molecule has 21 heavy (non-hydrogen) atoms. The van der Waals surface area contributed by atoms with Crippen LogP contribution in [0.2, 0.25) is 0 Å². The second-order valence-electron chi connectivity index (χ2n) is 4.35. The smallest absolute Gasteiger partial charge is 0.163 e. The Morgan fingerprint density at radius 3 is 2.48 bits per heavy atom. The van der Waals surface area contributed by atoms with Gasteiger partial charge in [0.25, 0.3) is 0 Å². The molecule has 0 aliphatic carbocycles. The van der Waals surface area contributed by atoms with Crippen LogP contribution in [-0.4, -0.2) is 15.0 Å². The average molecular weight is 453 g/mol. The second kappa shape index (κ2) is 6.07. The number of hydrogen-bond acceptors (Lipinski definition) is 4. The number of anilines is 1. The summed E-state index contributed by atoms with van der Waals surface area (Å²) in [6.45, 7) is 0. The summed E-state index contributed by atoms with van der Waals surface area (Å²) in [6, 6.07) is 11.9. The van der Waals surface area contributed by atoms with E-state index in [1.54, 1.807) is 12.4 Å². The standard InChI is InChI=1S/C15H10BrIN4/c16-11-6-10(7-19-8-11)15-20-13(12(17)14(18)21-15)9-4-2-1-3-5-9/h1-8H,(H2,18,20,21). The number of hydrogen-bond donors (Lipinski definition) is 1. The van der Waals surface area contributed by atoms with Gasteiger partial charge in [-0.25, -0.2) is 9.97 Å². The minimum absolute atomic E-state index is 0.472. The van der Waals surface area contributed by atoms with Gasteiger partial charge in [0.05, 0.1) is 9.26 Å². The molecule has 2 N–H and O–H groups in total. The lowest BCUT2D eigenvalue weighted by atomic mass is 10.1. The molecule has 1 aromatic carbocycles. The first kappa shape index (κ1) is 14.4. The topological polar surface area (TPSA) is 64.7 Å². The van der Waals surface area contributed by atoms with Crippen LogP contribution in [0.4, 0.5) is 5.82 Å². The first-order chi connectivity index (χ1) is 10.1. The van der Waals surface area contributed by atoms with Crippen molar-refractivity contribution in [2.45, 2.75) is 0 Å². The number of nitrogens with two attached hydrogens (primary N) is 1. The number of halogens is 2. The maximum atomic E-state index is 6.04. The van der Waals surface area contributed by atoms with Crippen molar-refractivity contribution in [2.24, 2.45) is 0 Å². The van der Waals surface area contributed by atoms with Crippen molar-refractivity contribution in [1.82, 2.24) is 15.0 Å². The van der Waals surface area contributed by atoms with Crippen molar-refractivity contribution in [3.05, 3.63) is 56.8 Å². The van der Waals surface area contributed by atoms with Gasteiger partial charge in [-0.1, -0.05) is 30.3 Å². The maximum absolute atomic E-state index is 6.04. The molecule has 0 bridgehead atoms. The summed E-state index contributed by atoms with van der Waals surface area (Å²) in [5.74, 6) is 1.04. The molecule has 0 aliphatic rings. The van der Waals surface area contributed by atoms with Gasteiger partial charge in [0.1, 0.15) is 5.82 Å². The molecular formula is C15H10BrIN4. The zero-order valence-corrected chi connectivity index (χ0v) is 14.5. The highest BCUT2D eigenvalue weighted by Gasteiger charge is 2.13. The summed E-state index contributed by atoms with van der Waals surface area (Å²) in [5.41, 5.74) is 8.71. The highest BCUT2D eigenvalue weighted by molar-refractivity contribution is 14.1. The Balaban J connectivity index is 2.19. The van der Waals surface area contributed by atoms with E-state index in [1.165, 1.54) is 0 Å². The van der Waals surface area contributed by atoms with Crippen LogP contribution < -0.4 is 5.73 Å². The molecule has 0 saturated heterocycles. The van der Waals surface area contributed by atoms with Crippen LogP contribution in [0.15, 0.2) is 53.3 Å². The summed E-state index contributed by atoms with van der Waals surface area (Å²) in [5, 5.41) is 0. The first-order valence-corrected chi connectivity index (χ1v) is 8.01. The molecule has 0 amide bonds. The number of pyridine rings is 1. The quantitative estimate of drug-likeness (QED) is 0.593. The van der Waals surface area contributed by atoms with Gasteiger partial charge in [-0.2, -0.15) is 0 Å². The normalized spacial score (nSPS) is 10.6. The van der Waals surface area contributed by atoms with Gasteiger partial charge in [0.2, 0.25) is 0 Å². The van der Waals surface area contributed by atoms with E-state index in [0.717, 1.165) is 24.9 Å². The molecule has 2 aromatic heterocycles. The van der Waals surface area contributed by atoms with E-state index in [1.807, 2.05) is 36.4 Å². The summed E-state index contributed by atoms with van der Waals surface area (Å²) in [4.78, 5) is 13.2. The second-order valence-corrected chi connectivity index (χ2v) is 6.35. The van der Waals surface area contributed by atoms with Crippen molar-refractivity contribution in [2.75, 3.05) is 5.73 Å². The average Bonchev–Trinajstić information content (AvgIpc) is 2.51. The Morgan fingerprint density at radius 2 is 1.76 bits per heavy atom. The molecule has 0 fully saturated rings. The van der Waals surface area contributed by atoms with Gasteiger partial charge in [-0.3, -0.25) is 4.98 Å². The largest absolute Gasteiger partial charge is 0.383 e. The molecule has 0 atom stereocenters. The molecule has 104 valence electrons. The third kappa shape index (κ3) is 3.06. The Hall–Kier alpha value is -1.54. The van der Waals surface area contributed by atoms with Crippen molar-refractivity contribution < 1.29 is 0 Å². The molecule has 2 heterocycles. The molecule has 6 heteroatoms. The van der Waals surface area contributed by atoms with E-state index in [4.69, 9.17) is 5.73 Å². The van der Waals surface area contributed by atoms with E-state index in [2.05, 4.69) is 53.5 Å². The molecule has 0 saturated carbocycles. The monoisotopic (exact) mass is 452 g/mol. The highest BCUT2D eigenvalue weighted by atomic mass is 127. The zero-order valence-electron chi connectivity index (χ0n) is 10.8. The predicted octanol–water partition coefficient (Wildman–Crippen LogP) is 4.15. The van der Waals surface area contributed by atoms with Gasteiger partial charge in [-0.05, 0) is 44.6 Å². The molecule has 4 nitrogen and oxygen atoms in total. The van der Waals surface area contributed by atoms with Gasteiger partial charge in [0.15, 0.2) is 5.82 Å². The third-order valence-electron chi connectivity index (χ3n) is 2.89. The van der Waals surface area contributed by atoms with Crippen molar-refractivity contribution in [1.29, 1.82) is 0 Å². The minimum Gasteiger partial charge on any atom is -0.383 e. The van der Waals surface area contributed by atoms with Gasteiger partial charge < -0.3 is 5.73 Å². The summed E-state index contributed by atoms with van der Waals surface area (Å²) in [6.07, 6.45) is 3.44. The van der Waals surface area contributed by atoms with Crippen LogP contribution in [0.3, 0.4) is 0 Å². The van der Waals surface area contributed by atoms with Crippen LogP contribution in [-0.2, 0) is 0 Å². The van der Waals surface area contributed by atoms with E-state index in [9.17, 15) is 0 Å². The van der Waals surface area contributed by atoms with Crippen LogP contribution in [0.1, 0.15) is 0 Å². The van der Waals surface area contributed by atoms with E-state index < -0.39 is 0 Å². The summed E-state index contributed by atoms with van der Waals surface area (Å²) in [7, 11) is 0. The van der Waals surface area contributed by atoms with E-state index in [-0.39, 0.29) is 0 Å². The fourth-order valence-electron chi connectivity index (χ4n) is 1.92. The fourth-order valence-corrected chi connectivity index (χ4v) is 2.83. The van der Waals surface area contributed by atoms with Crippen molar-refractivity contribution >= 4 is 44.3 Å². The zero-order chi connectivity index (χ0) is 14.8. The Kier molecular flexibility index (Phi) is 4.16. The Bertz CT molecular complexity index is 793. The number of benzene rings is 1. The van der Waals surface area contributed by atoms with E-state index >= 15 is 0 Å². The van der Waals surface area contributed by atoms with Crippen LogP contribution >= 0.6 is 38.5 Å². The van der Waals surface area contributed by atoms with E-state index in [0.29, 0.717) is 11.6 Å². The van der Waals surface area contributed by atoms with Gasteiger partial charge in [0, 0.05) is 28.0 Å². The van der Waals surface area contributed by atoms with Crippen molar-refractivity contribution in [3.63, 3.8) is 0 Å². The number of rotatable bonds is 2. The number of aromatic nitrogens is 3. The summed E-state index contributed by atoms with van der Waals surface area (Å²) >= 11 is 5.58. The van der Waals surface area contributed by atoms with Crippen molar-refractivity contribution in [3.8, 4) is 22.6 Å². The summed E-state index contributed by atoms with van der Waals surface area (Å²) < 4.78 is 1.73. The van der Waals surface area contributed by atoms with Gasteiger partial charge in [-0.15, -0.1) is 0 Å². The fraction of sp³-hybridized carbons (Fsp3) is 0. The molecule has 3 rings (SSSR count). The lowest BCUT2D eigenvalue weighted by molar-refractivity contribution is 1.16. The molecular weight excluding hydrogens is 443 g/mol. The number of nitrogens with zero attached hydrogens (tertiary/aromatic N) is 3. The van der Waals surface area contributed by atoms with Crippen LogP contribution in [0.25, 0.3) is 22.6 Å². The predicted molar refractivity (Wildman–Crippen MR) is 95.5 cm³/mol. The maximum Gasteiger partial charge on any atom is 0.163 e. The Morgan fingerprint density at radius 1 is 1.00 bits per heavy atom. The molecule has 0 radical (unpaired) electrons. The minimum atomic E-state index is 0.472. The lowest BCUT2D eigenvalue weighted by Gasteiger charge is -2.09. The Labute approximate surface area is 144 Å². The third-order valence-corrected chi connectivity index (χ3v) is 4.38. The highest BCUT2D eigenvalue weighted by Crippen LogP contribution is 2.29. The first-order valence-electron chi connectivity index (χ1n) is 6.14. The van der Waals surface area contributed by atoms with Crippen LogP contribution in [0, 0.1) is 3.57 Å². The molecule has 0 unspecified atom stereocenters. The molecule has 0 aliphatic heterocycles. The van der Waals surface area contributed by atoms with Crippen LogP contribution in [0.5, 0.6) is 0 Å². The SMILES string of the molecule is Nc1nc(-c2cncc(Br)c2)nc(-c2ccccc2)c1I.